The molecule has 1 heterocycles. The van der Waals surface area contributed by atoms with Crippen LogP contribution in [0.15, 0.2) is 30.5 Å². The molecule has 1 aromatic carbocycles. The number of aromatic nitrogens is 1. The van der Waals surface area contributed by atoms with Crippen molar-refractivity contribution in [1.29, 1.82) is 0 Å². The molecule has 7 nitrogen and oxygen atoms in total. The molecule has 0 unspecified atom stereocenters. The SMILES string of the molecule is Cc1cccc(C(=O)O)c1Oc1nccc(C)c1[N+](=O)[O-]. The van der Waals surface area contributed by atoms with Crippen molar-refractivity contribution in [2.75, 3.05) is 0 Å². The number of aromatic carboxylic acids is 1. The van der Waals surface area contributed by atoms with E-state index in [4.69, 9.17) is 9.84 Å². The predicted octanol–water partition coefficient (Wildman–Crippen LogP) is 3.10. The average Bonchev–Trinajstić information content (AvgIpc) is 2.40. The zero-order chi connectivity index (χ0) is 15.6. The fourth-order valence-corrected chi connectivity index (χ4v) is 1.88. The maximum absolute atomic E-state index is 11.2. The molecular weight excluding hydrogens is 276 g/mol. The molecule has 0 saturated heterocycles. The summed E-state index contributed by atoms with van der Waals surface area (Å²) in [6, 6.07) is 6.08. The van der Waals surface area contributed by atoms with E-state index in [0.717, 1.165) is 0 Å². The summed E-state index contributed by atoms with van der Waals surface area (Å²) in [6.45, 7) is 3.21. The first-order chi connectivity index (χ1) is 9.91. The number of rotatable bonds is 4. The molecule has 21 heavy (non-hydrogen) atoms. The third kappa shape index (κ3) is 2.81. The molecule has 0 aliphatic rings. The Morgan fingerprint density at radius 2 is 2.00 bits per heavy atom. The van der Waals surface area contributed by atoms with Crippen LogP contribution in [0.25, 0.3) is 0 Å². The average molecular weight is 288 g/mol. The fourth-order valence-electron chi connectivity index (χ4n) is 1.88. The summed E-state index contributed by atoms with van der Waals surface area (Å²) in [6.07, 6.45) is 1.37. The zero-order valence-electron chi connectivity index (χ0n) is 11.4. The van der Waals surface area contributed by atoms with E-state index in [1.807, 2.05) is 0 Å². The highest BCUT2D eigenvalue weighted by molar-refractivity contribution is 5.91. The van der Waals surface area contributed by atoms with Gasteiger partial charge in [0.15, 0.2) is 0 Å². The summed E-state index contributed by atoms with van der Waals surface area (Å²) in [5.41, 5.74) is 0.577. The van der Waals surface area contributed by atoms with Gasteiger partial charge >= 0.3 is 11.7 Å². The number of carbonyl (C=O) groups is 1. The Hall–Kier alpha value is -2.96. The van der Waals surface area contributed by atoms with Gasteiger partial charge in [-0.05, 0) is 31.5 Å². The number of hydrogen-bond acceptors (Lipinski definition) is 5. The molecule has 1 aromatic heterocycles. The Morgan fingerprint density at radius 3 is 2.62 bits per heavy atom. The van der Waals surface area contributed by atoms with E-state index < -0.39 is 10.9 Å². The third-order valence-electron chi connectivity index (χ3n) is 2.92. The lowest BCUT2D eigenvalue weighted by Crippen LogP contribution is -2.04. The van der Waals surface area contributed by atoms with E-state index in [0.29, 0.717) is 11.1 Å². The summed E-state index contributed by atoms with van der Waals surface area (Å²) in [5.74, 6) is -1.35. The van der Waals surface area contributed by atoms with Gasteiger partial charge in [-0.3, -0.25) is 10.1 Å². The number of pyridine rings is 1. The standard InChI is InChI=1S/C14H12N2O5/c1-8-6-7-15-13(11(8)16(19)20)21-12-9(2)4-3-5-10(12)14(17)18/h3-7H,1-2H3,(H,17,18). The summed E-state index contributed by atoms with van der Waals surface area (Å²) in [5, 5.41) is 20.3. The normalized spacial score (nSPS) is 10.2. The van der Waals surface area contributed by atoms with Crippen LogP contribution in [0.1, 0.15) is 21.5 Å². The lowest BCUT2D eigenvalue weighted by molar-refractivity contribution is -0.386. The van der Waals surface area contributed by atoms with Crippen molar-refractivity contribution in [2.24, 2.45) is 0 Å². The first-order valence-corrected chi connectivity index (χ1v) is 6.02. The van der Waals surface area contributed by atoms with Gasteiger partial charge in [0.05, 0.1) is 4.92 Å². The van der Waals surface area contributed by atoms with Crippen molar-refractivity contribution in [1.82, 2.24) is 4.98 Å². The van der Waals surface area contributed by atoms with E-state index in [1.165, 1.54) is 18.3 Å². The number of aryl methyl sites for hydroxylation is 2. The van der Waals surface area contributed by atoms with E-state index in [-0.39, 0.29) is 22.9 Å². The lowest BCUT2D eigenvalue weighted by atomic mass is 10.1. The molecule has 1 N–H and O–H groups in total. The second kappa shape index (κ2) is 5.58. The minimum Gasteiger partial charge on any atom is -0.478 e. The van der Waals surface area contributed by atoms with Crippen molar-refractivity contribution in [3.8, 4) is 11.6 Å². The largest absolute Gasteiger partial charge is 0.478 e. The Labute approximate surface area is 120 Å². The topological polar surface area (TPSA) is 103 Å². The third-order valence-corrected chi connectivity index (χ3v) is 2.92. The molecule has 0 amide bonds. The zero-order valence-corrected chi connectivity index (χ0v) is 11.4. The summed E-state index contributed by atoms with van der Waals surface area (Å²) in [4.78, 5) is 25.6. The van der Waals surface area contributed by atoms with Crippen LogP contribution < -0.4 is 4.74 Å². The van der Waals surface area contributed by atoms with Gasteiger partial charge in [-0.1, -0.05) is 12.1 Å². The summed E-state index contributed by atoms with van der Waals surface area (Å²) < 4.78 is 5.44. The molecule has 0 atom stereocenters. The molecule has 0 radical (unpaired) electrons. The second-order valence-corrected chi connectivity index (χ2v) is 4.40. The number of para-hydroxylation sites is 1. The highest BCUT2D eigenvalue weighted by Gasteiger charge is 2.23. The number of nitrogens with zero attached hydrogens (tertiary/aromatic N) is 2. The Balaban J connectivity index is 2.56. The first-order valence-electron chi connectivity index (χ1n) is 6.02. The van der Waals surface area contributed by atoms with Gasteiger partial charge in [0.2, 0.25) is 0 Å². The van der Waals surface area contributed by atoms with Gasteiger partial charge in [0, 0.05) is 11.8 Å². The maximum Gasteiger partial charge on any atom is 0.339 e. The van der Waals surface area contributed by atoms with Gasteiger partial charge in [-0.25, -0.2) is 9.78 Å². The van der Waals surface area contributed by atoms with Crippen molar-refractivity contribution in [2.45, 2.75) is 13.8 Å². The predicted molar refractivity (Wildman–Crippen MR) is 73.8 cm³/mol. The molecule has 2 rings (SSSR count). The summed E-state index contributed by atoms with van der Waals surface area (Å²) in [7, 11) is 0. The van der Waals surface area contributed by atoms with Gasteiger partial charge in [0.1, 0.15) is 11.3 Å². The van der Waals surface area contributed by atoms with Crippen LogP contribution in [0.4, 0.5) is 5.69 Å². The molecule has 0 fully saturated rings. The highest BCUT2D eigenvalue weighted by atomic mass is 16.6. The number of nitro groups is 1. The van der Waals surface area contributed by atoms with Crippen LogP contribution in [0.2, 0.25) is 0 Å². The van der Waals surface area contributed by atoms with Crippen molar-refractivity contribution >= 4 is 11.7 Å². The van der Waals surface area contributed by atoms with E-state index in [2.05, 4.69) is 4.98 Å². The first kappa shape index (κ1) is 14.4. The Bertz CT molecular complexity index is 727. The van der Waals surface area contributed by atoms with Crippen LogP contribution in [-0.2, 0) is 0 Å². The minimum atomic E-state index is -1.18. The van der Waals surface area contributed by atoms with Crippen molar-refractivity contribution < 1.29 is 19.6 Å². The van der Waals surface area contributed by atoms with E-state index >= 15 is 0 Å². The molecule has 0 spiro atoms. The monoisotopic (exact) mass is 288 g/mol. The molecular formula is C14H12N2O5. The van der Waals surface area contributed by atoms with Gasteiger partial charge in [-0.2, -0.15) is 0 Å². The van der Waals surface area contributed by atoms with Crippen LogP contribution in [0.5, 0.6) is 11.6 Å². The number of ether oxygens (including phenoxy) is 1. The van der Waals surface area contributed by atoms with Crippen LogP contribution in [-0.4, -0.2) is 21.0 Å². The van der Waals surface area contributed by atoms with Crippen molar-refractivity contribution in [3.63, 3.8) is 0 Å². The lowest BCUT2D eigenvalue weighted by Gasteiger charge is -2.11. The van der Waals surface area contributed by atoms with Crippen LogP contribution >= 0.6 is 0 Å². The van der Waals surface area contributed by atoms with Crippen molar-refractivity contribution in [3.05, 3.63) is 57.3 Å². The number of hydrogen-bond donors (Lipinski definition) is 1. The molecule has 2 aromatic rings. The Kier molecular flexibility index (Phi) is 3.84. The van der Waals surface area contributed by atoms with E-state index in [1.54, 1.807) is 26.0 Å². The quantitative estimate of drug-likeness (QED) is 0.685. The molecule has 0 aliphatic heterocycles. The van der Waals surface area contributed by atoms with Gasteiger partial charge in [-0.15, -0.1) is 0 Å². The van der Waals surface area contributed by atoms with Gasteiger partial charge in [0.25, 0.3) is 5.88 Å². The number of benzene rings is 1. The van der Waals surface area contributed by atoms with Crippen LogP contribution in [0.3, 0.4) is 0 Å². The Morgan fingerprint density at radius 1 is 1.29 bits per heavy atom. The molecule has 7 heteroatoms. The fraction of sp³-hybridized carbons (Fsp3) is 0.143. The summed E-state index contributed by atoms with van der Waals surface area (Å²) >= 11 is 0. The number of carboxylic acid groups (broad SMARTS) is 1. The smallest absolute Gasteiger partial charge is 0.339 e. The molecule has 0 saturated carbocycles. The van der Waals surface area contributed by atoms with Crippen LogP contribution in [0, 0.1) is 24.0 Å². The van der Waals surface area contributed by atoms with Gasteiger partial charge < -0.3 is 9.84 Å². The molecule has 108 valence electrons. The maximum atomic E-state index is 11.2. The highest BCUT2D eigenvalue weighted by Crippen LogP contribution is 2.34. The van der Waals surface area contributed by atoms with E-state index in [9.17, 15) is 14.9 Å². The molecule has 0 bridgehead atoms. The molecule has 0 aliphatic carbocycles. The second-order valence-electron chi connectivity index (χ2n) is 4.40. The number of carboxylic acids is 1. The minimum absolute atomic E-state index is 0.0474.